The second kappa shape index (κ2) is 9.27. The summed E-state index contributed by atoms with van der Waals surface area (Å²) in [5.74, 6) is 1.54. The molecule has 3 heteroatoms. The van der Waals surface area contributed by atoms with Gasteiger partial charge in [0.2, 0.25) is 5.69 Å². The summed E-state index contributed by atoms with van der Waals surface area (Å²) >= 11 is 0. The van der Waals surface area contributed by atoms with Crippen LogP contribution in [0, 0.1) is 13.8 Å². The van der Waals surface area contributed by atoms with Gasteiger partial charge in [-0.3, -0.25) is 0 Å². The number of hydrogen-bond donors (Lipinski definition) is 0. The maximum atomic E-state index is 5.68. The SMILES string of the molecule is COc1cc2cc(-c3cc(-c4ccccc4)cc(-c4ccccc4)c3)[n+](C)c(C)c2c(C)c1OC. The van der Waals surface area contributed by atoms with Gasteiger partial charge in [-0.2, -0.15) is 4.57 Å². The number of rotatable bonds is 5. The largest absolute Gasteiger partial charge is 0.493 e. The van der Waals surface area contributed by atoms with Crippen LogP contribution < -0.4 is 14.0 Å². The molecular weight excluding hydrogens is 430 g/mol. The maximum absolute atomic E-state index is 5.68. The summed E-state index contributed by atoms with van der Waals surface area (Å²) in [6.07, 6.45) is 0. The summed E-state index contributed by atoms with van der Waals surface area (Å²) in [5.41, 5.74) is 9.39. The van der Waals surface area contributed by atoms with Crippen molar-refractivity contribution in [3.8, 4) is 45.0 Å². The molecule has 0 radical (unpaired) electrons. The Bertz CT molecular complexity index is 1470. The predicted octanol–water partition coefficient (Wildman–Crippen LogP) is 7.30. The van der Waals surface area contributed by atoms with E-state index < -0.39 is 0 Å². The zero-order valence-corrected chi connectivity index (χ0v) is 20.9. The van der Waals surface area contributed by atoms with Gasteiger partial charge in [0.1, 0.15) is 7.05 Å². The van der Waals surface area contributed by atoms with Gasteiger partial charge in [-0.05, 0) is 58.8 Å². The molecule has 4 aromatic carbocycles. The van der Waals surface area contributed by atoms with E-state index in [1.165, 1.54) is 38.9 Å². The molecule has 5 aromatic rings. The minimum atomic E-state index is 0.750. The molecule has 1 aromatic heterocycles. The number of aryl methyl sites for hydroxylation is 2. The average molecular weight is 461 g/mol. The van der Waals surface area contributed by atoms with Gasteiger partial charge in [-0.25, -0.2) is 0 Å². The second-order valence-corrected chi connectivity index (χ2v) is 8.91. The molecule has 0 N–H and O–H groups in total. The van der Waals surface area contributed by atoms with E-state index in [0.717, 1.165) is 28.1 Å². The second-order valence-electron chi connectivity index (χ2n) is 8.91. The molecule has 35 heavy (non-hydrogen) atoms. The fourth-order valence-electron chi connectivity index (χ4n) is 5.03. The molecule has 0 aliphatic heterocycles. The van der Waals surface area contributed by atoms with E-state index >= 15 is 0 Å². The molecule has 1 heterocycles. The quantitative estimate of drug-likeness (QED) is 0.257. The zero-order chi connectivity index (χ0) is 24.5. The van der Waals surface area contributed by atoms with Crippen LogP contribution in [0.2, 0.25) is 0 Å². The lowest BCUT2D eigenvalue weighted by molar-refractivity contribution is -0.665. The van der Waals surface area contributed by atoms with Crippen LogP contribution in [0.15, 0.2) is 91.0 Å². The number of ether oxygens (including phenoxy) is 2. The number of pyridine rings is 1. The van der Waals surface area contributed by atoms with Crippen LogP contribution in [0.1, 0.15) is 11.3 Å². The molecule has 174 valence electrons. The summed E-state index contributed by atoms with van der Waals surface area (Å²) in [4.78, 5) is 0. The van der Waals surface area contributed by atoms with E-state index in [2.05, 4.69) is 116 Å². The Balaban J connectivity index is 1.79. The zero-order valence-electron chi connectivity index (χ0n) is 20.9. The summed E-state index contributed by atoms with van der Waals surface area (Å²) in [7, 11) is 5.52. The van der Waals surface area contributed by atoms with E-state index in [1.807, 2.05) is 0 Å². The van der Waals surface area contributed by atoms with Crippen molar-refractivity contribution in [1.29, 1.82) is 0 Å². The minimum Gasteiger partial charge on any atom is -0.493 e. The molecule has 3 nitrogen and oxygen atoms in total. The lowest BCUT2D eigenvalue weighted by Gasteiger charge is -2.16. The van der Waals surface area contributed by atoms with E-state index in [1.54, 1.807) is 14.2 Å². The smallest absolute Gasteiger partial charge is 0.213 e. The molecular formula is C32H30NO2+. The number of hydrogen-bond acceptors (Lipinski definition) is 2. The molecule has 0 bridgehead atoms. The Kier molecular flexibility index (Phi) is 6.00. The van der Waals surface area contributed by atoms with Crippen molar-refractivity contribution >= 4 is 10.8 Å². The number of methoxy groups -OCH3 is 2. The normalized spacial score (nSPS) is 11.0. The van der Waals surface area contributed by atoms with Gasteiger partial charge >= 0.3 is 0 Å². The third-order valence-corrected chi connectivity index (χ3v) is 6.90. The first-order chi connectivity index (χ1) is 17.0. The van der Waals surface area contributed by atoms with Crippen LogP contribution in [-0.2, 0) is 7.05 Å². The number of aromatic nitrogens is 1. The van der Waals surface area contributed by atoms with Crippen LogP contribution in [-0.4, -0.2) is 14.2 Å². The van der Waals surface area contributed by atoms with Crippen LogP contribution in [0.25, 0.3) is 44.3 Å². The number of benzene rings is 4. The predicted molar refractivity (Wildman–Crippen MR) is 144 cm³/mol. The maximum Gasteiger partial charge on any atom is 0.213 e. The molecule has 0 aliphatic carbocycles. The average Bonchev–Trinajstić information content (AvgIpc) is 2.91. The fourth-order valence-corrected chi connectivity index (χ4v) is 5.03. The van der Waals surface area contributed by atoms with E-state index in [-0.39, 0.29) is 0 Å². The van der Waals surface area contributed by atoms with Gasteiger partial charge in [0.15, 0.2) is 17.2 Å². The molecule has 0 fully saturated rings. The van der Waals surface area contributed by atoms with Gasteiger partial charge in [-0.1, -0.05) is 60.7 Å². The summed E-state index contributed by atoms with van der Waals surface area (Å²) in [6.45, 7) is 4.27. The lowest BCUT2D eigenvalue weighted by Crippen LogP contribution is -2.35. The Morgan fingerprint density at radius 1 is 0.600 bits per heavy atom. The van der Waals surface area contributed by atoms with E-state index in [0.29, 0.717) is 0 Å². The molecule has 0 spiro atoms. The van der Waals surface area contributed by atoms with Crippen molar-refractivity contribution in [3.63, 3.8) is 0 Å². The van der Waals surface area contributed by atoms with Crippen molar-refractivity contribution in [3.05, 3.63) is 102 Å². The molecule has 5 rings (SSSR count). The highest BCUT2D eigenvalue weighted by atomic mass is 16.5. The minimum absolute atomic E-state index is 0.750. The molecule has 0 saturated heterocycles. The van der Waals surface area contributed by atoms with Gasteiger partial charge in [-0.15, -0.1) is 0 Å². The Hall–Kier alpha value is -4.11. The molecule has 0 atom stereocenters. The Morgan fingerprint density at radius 2 is 1.14 bits per heavy atom. The van der Waals surface area contributed by atoms with Crippen LogP contribution in [0.3, 0.4) is 0 Å². The Labute approximate surface area is 207 Å². The van der Waals surface area contributed by atoms with Gasteiger partial charge in [0.05, 0.1) is 19.6 Å². The Morgan fingerprint density at radius 3 is 1.66 bits per heavy atom. The first kappa shape index (κ1) is 22.7. The lowest BCUT2D eigenvalue weighted by atomic mass is 9.93. The van der Waals surface area contributed by atoms with Crippen molar-refractivity contribution in [1.82, 2.24) is 0 Å². The summed E-state index contributed by atoms with van der Waals surface area (Å²) in [6, 6.07) is 32.3. The first-order valence-corrected chi connectivity index (χ1v) is 11.8. The highest BCUT2D eigenvalue weighted by Crippen LogP contribution is 2.39. The summed E-state index contributed by atoms with van der Waals surface area (Å²) < 4.78 is 13.6. The first-order valence-electron chi connectivity index (χ1n) is 11.8. The molecule has 0 amide bonds. The molecule has 0 unspecified atom stereocenters. The van der Waals surface area contributed by atoms with Crippen LogP contribution >= 0.6 is 0 Å². The topological polar surface area (TPSA) is 22.3 Å². The van der Waals surface area contributed by atoms with Crippen LogP contribution in [0.5, 0.6) is 11.5 Å². The van der Waals surface area contributed by atoms with Gasteiger partial charge < -0.3 is 9.47 Å². The highest BCUT2D eigenvalue weighted by Gasteiger charge is 2.22. The fraction of sp³-hybridized carbons (Fsp3) is 0.156. The number of fused-ring (bicyclic) bond motifs is 1. The van der Waals surface area contributed by atoms with Gasteiger partial charge in [0, 0.05) is 24.1 Å². The summed E-state index contributed by atoms with van der Waals surface area (Å²) in [5, 5.41) is 2.33. The van der Waals surface area contributed by atoms with Crippen molar-refractivity contribution in [2.45, 2.75) is 13.8 Å². The van der Waals surface area contributed by atoms with Crippen molar-refractivity contribution < 1.29 is 14.0 Å². The molecule has 0 saturated carbocycles. The molecule has 0 aliphatic rings. The van der Waals surface area contributed by atoms with Crippen molar-refractivity contribution in [2.24, 2.45) is 7.05 Å². The standard InChI is InChI=1S/C32H30NO2/c1-21-31-22(2)33(3)29(19-28(31)20-30(34-4)32(21)35-5)27-17-25(23-12-8-6-9-13-23)16-26(18-27)24-14-10-7-11-15-24/h6-20H,1-5H3/q+1. The van der Waals surface area contributed by atoms with Gasteiger partial charge in [0.25, 0.3) is 0 Å². The third-order valence-electron chi connectivity index (χ3n) is 6.90. The van der Waals surface area contributed by atoms with Crippen LogP contribution in [0.4, 0.5) is 0 Å². The third kappa shape index (κ3) is 4.04. The van der Waals surface area contributed by atoms with E-state index in [9.17, 15) is 0 Å². The van der Waals surface area contributed by atoms with E-state index in [4.69, 9.17) is 9.47 Å². The number of nitrogens with zero attached hydrogens (tertiary/aromatic N) is 1. The highest BCUT2D eigenvalue weighted by molar-refractivity contribution is 5.93. The van der Waals surface area contributed by atoms with Crippen molar-refractivity contribution in [2.75, 3.05) is 14.2 Å². The monoisotopic (exact) mass is 460 g/mol.